The van der Waals surface area contributed by atoms with E-state index in [-0.39, 0.29) is 5.82 Å². The van der Waals surface area contributed by atoms with Gasteiger partial charge in [0.1, 0.15) is 0 Å². The molecule has 0 saturated heterocycles. The highest BCUT2D eigenvalue weighted by Gasteiger charge is 2.02. The highest BCUT2D eigenvalue weighted by atomic mass is 79.9. The molecule has 0 radical (unpaired) electrons. The second-order valence-corrected chi connectivity index (χ2v) is 3.04. The normalized spacial score (nSPS) is 9.50. The van der Waals surface area contributed by atoms with Gasteiger partial charge in [0.15, 0.2) is 10.9 Å². The molecule has 64 valence electrons. The summed E-state index contributed by atoms with van der Waals surface area (Å²) in [5.74, 6) is 0.237. The minimum atomic E-state index is -0.643. The standard InChI is InChI=1S/C6H6BrN3O2/c1-4-2-6(9-10(11)12)8-3-5(4)7/h2-3H,1H3,(H,8,9). The third-order valence-corrected chi connectivity index (χ3v) is 2.08. The first-order chi connectivity index (χ1) is 5.59. The van der Waals surface area contributed by atoms with Crippen LogP contribution in [-0.2, 0) is 0 Å². The Balaban J connectivity index is 2.89. The summed E-state index contributed by atoms with van der Waals surface area (Å²) in [6.45, 7) is 1.83. The number of aryl methyl sites for hydroxylation is 1. The number of hydrogen-bond acceptors (Lipinski definition) is 3. The van der Waals surface area contributed by atoms with Gasteiger partial charge in [-0.05, 0) is 34.5 Å². The highest BCUT2D eigenvalue weighted by molar-refractivity contribution is 9.10. The van der Waals surface area contributed by atoms with Crippen molar-refractivity contribution in [1.29, 1.82) is 0 Å². The van der Waals surface area contributed by atoms with Crippen LogP contribution in [0.4, 0.5) is 5.82 Å². The molecule has 12 heavy (non-hydrogen) atoms. The lowest BCUT2D eigenvalue weighted by Crippen LogP contribution is -2.09. The number of nitro groups is 1. The number of hydrogen-bond donors (Lipinski definition) is 1. The molecule has 0 saturated carbocycles. The predicted octanol–water partition coefficient (Wildman–Crippen LogP) is 1.76. The summed E-state index contributed by atoms with van der Waals surface area (Å²) in [6.07, 6.45) is 1.52. The molecule has 0 aliphatic carbocycles. The van der Waals surface area contributed by atoms with E-state index >= 15 is 0 Å². The number of nitrogens with one attached hydrogen (secondary N) is 1. The van der Waals surface area contributed by atoms with Crippen molar-refractivity contribution >= 4 is 21.7 Å². The van der Waals surface area contributed by atoms with Gasteiger partial charge in [-0.3, -0.25) is 0 Å². The van der Waals surface area contributed by atoms with E-state index in [1.165, 1.54) is 6.20 Å². The monoisotopic (exact) mass is 231 g/mol. The fourth-order valence-electron chi connectivity index (χ4n) is 0.694. The van der Waals surface area contributed by atoms with Crippen molar-refractivity contribution in [3.05, 3.63) is 32.4 Å². The van der Waals surface area contributed by atoms with Crippen LogP contribution in [0.25, 0.3) is 0 Å². The maximum atomic E-state index is 10.0. The van der Waals surface area contributed by atoms with Gasteiger partial charge in [-0.2, -0.15) is 0 Å². The molecule has 1 aromatic heterocycles. The molecule has 1 rings (SSSR count). The first-order valence-corrected chi connectivity index (χ1v) is 3.92. The van der Waals surface area contributed by atoms with Crippen LogP contribution in [0.15, 0.2) is 16.7 Å². The number of rotatable bonds is 2. The summed E-state index contributed by atoms with van der Waals surface area (Å²) in [7, 11) is 0. The molecule has 1 aromatic rings. The molecule has 0 atom stereocenters. The van der Waals surface area contributed by atoms with E-state index in [9.17, 15) is 10.1 Å². The number of pyridine rings is 1. The van der Waals surface area contributed by atoms with Crippen molar-refractivity contribution in [2.24, 2.45) is 0 Å². The minimum Gasteiger partial charge on any atom is -0.234 e. The lowest BCUT2D eigenvalue weighted by atomic mass is 10.3. The van der Waals surface area contributed by atoms with Crippen LogP contribution >= 0.6 is 15.9 Å². The largest absolute Gasteiger partial charge is 0.234 e. The molecule has 0 aliphatic rings. The number of anilines is 1. The van der Waals surface area contributed by atoms with Gasteiger partial charge in [0, 0.05) is 10.7 Å². The van der Waals surface area contributed by atoms with E-state index in [4.69, 9.17) is 0 Å². The van der Waals surface area contributed by atoms with E-state index in [2.05, 4.69) is 20.9 Å². The molecule has 6 heteroatoms. The molecule has 0 aromatic carbocycles. The average Bonchev–Trinajstić information content (AvgIpc) is 1.96. The molecule has 0 aliphatic heterocycles. The molecular weight excluding hydrogens is 226 g/mol. The maximum absolute atomic E-state index is 10.0. The molecule has 0 spiro atoms. The molecule has 0 bridgehead atoms. The Morgan fingerprint density at radius 2 is 2.42 bits per heavy atom. The fraction of sp³-hybridized carbons (Fsp3) is 0.167. The van der Waals surface area contributed by atoms with Crippen LogP contribution in [-0.4, -0.2) is 10.0 Å². The first-order valence-electron chi connectivity index (χ1n) is 3.13. The topological polar surface area (TPSA) is 68.1 Å². The van der Waals surface area contributed by atoms with Gasteiger partial charge in [-0.25, -0.2) is 15.1 Å². The third kappa shape index (κ3) is 2.16. The Hall–Kier alpha value is -1.17. The van der Waals surface area contributed by atoms with Gasteiger partial charge in [0.05, 0.1) is 0 Å². The average molecular weight is 232 g/mol. The van der Waals surface area contributed by atoms with Gasteiger partial charge in [-0.15, -0.1) is 0 Å². The molecular formula is C6H6BrN3O2. The van der Waals surface area contributed by atoms with Crippen LogP contribution in [0.5, 0.6) is 0 Å². The molecule has 0 unspecified atom stereocenters. The number of hydrazine groups is 1. The van der Waals surface area contributed by atoms with Crippen LogP contribution in [0.2, 0.25) is 0 Å². The summed E-state index contributed by atoms with van der Waals surface area (Å²) in [4.78, 5) is 13.8. The lowest BCUT2D eigenvalue weighted by Gasteiger charge is -1.99. The van der Waals surface area contributed by atoms with E-state index in [0.29, 0.717) is 0 Å². The number of aromatic nitrogens is 1. The van der Waals surface area contributed by atoms with Gasteiger partial charge in [-0.1, -0.05) is 5.43 Å². The molecule has 5 nitrogen and oxygen atoms in total. The van der Waals surface area contributed by atoms with Gasteiger partial charge in [0.25, 0.3) is 0 Å². The zero-order valence-electron chi connectivity index (χ0n) is 6.24. The van der Waals surface area contributed by atoms with E-state index in [0.717, 1.165) is 10.0 Å². The van der Waals surface area contributed by atoms with Crippen LogP contribution in [0.1, 0.15) is 5.56 Å². The van der Waals surface area contributed by atoms with Crippen LogP contribution in [0.3, 0.4) is 0 Å². The van der Waals surface area contributed by atoms with Crippen molar-refractivity contribution in [2.75, 3.05) is 5.43 Å². The minimum absolute atomic E-state index is 0.237. The number of nitrogens with zero attached hydrogens (tertiary/aromatic N) is 2. The molecule has 1 heterocycles. The van der Waals surface area contributed by atoms with Gasteiger partial charge in [0.2, 0.25) is 0 Å². The van der Waals surface area contributed by atoms with Gasteiger partial charge >= 0.3 is 0 Å². The maximum Gasteiger partial charge on any atom is 0.190 e. The smallest absolute Gasteiger partial charge is 0.190 e. The SMILES string of the molecule is Cc1cc(N[N+](=O)[O-])ncc1Br. The van der Waals surface area contributed by atoms with Crippen molar-refractivity contribution in [3.63, 3.8) is 0 Å². The summed E-state index contributed by atoms with van der Waals surface area (Å²) in [5, 5.41) is 9.36. The van der Waals surface area contributed by atoms with Crippen molar-refractivity contribution in [3.8, 4) is 0 Å². The number of halogens is 1. The van der Waals surface area contributed by atoms with E-state index < -0.39 is 5.03 Å². The summed E-state index contributed by atoms with van der Waals surface area (Å²) >= 11 is 3.24. The Bertz CT molecular complexity index is 316. The molecule has 0 fully saturated rings. The second-order valence-electron chi connectivity index (χ2n) is 2.19. The second kappa shape index (κ2) is 3.48. The Kier molecular flexibility index (Phi) is 2.59. The Labute approximate surface area is 77.1 Å². The Morgan fingerprint density at radius 3 is 2.92 bits per heavy atom. The zero-order valence-corrected chi connectivity index (χ0v) is 7.83. The Morgan fingerprint density at radius 1 is 1.75 bits per heavy atom. The predicted molar refractivity (Wildman–Crippen MR) is 47.3 cm³/mol. The summed E-state index contributed by atoms with van der Waals surface area (Å²) in [6, 6.07) is 1.59. The van der Waals surface area contributed by atoms with E-state index in [1.807, 2.05) is 12.3 Å². The zero-order chi connectivity index (χ0) is 9.14. The lowest BCUT2D eigenvalue weighted by molar-refractivity contribution is -0.445. The van der Waals surface area contributed by atoms with Crippen molar-refractivity contribution in [2.45, 2.75) is 6.92 Å². The van der Waals surface area contributed by atoms with Crippen molar-refractivity contribution in [1.82, 2.24) is 4.98 Å². The third-order valence-electron chi connectivity index (χ3n) is 1.25. The highest BCUT2D eigenvalue weighted by Crippen LogP contribution is 2.16. The van der Waals surface area contributed by atoms with Gasteiger partial charge < -0.3 is 0 Å². The fourth-order valence-corrected chi connectivity index (χ4v) is 0.911. The quantitative estimate of drug-likeness (QED) is 0.623. The van der Waals surface area contributed by atoms with Crippen LogP contribution in [0, 0.1) is 17.0 Å². The summed E-state index contributed by atoms with van der Waals surface area (Å²) in [5.41, 5.74) is 2.86. The first kappa shape index (κ1) is 8.92. The van der Waals surface area contributed by atoms with Crippen molar-refractivity contribution < 1.29 is 5.03 Å². The summed E-state index contributed by atoms with van der Waals surface area (Å²) < 4.78 is 0.830. The van der Waals surface area contributed by atoms with E-state index in [1.54, 1.807) is 6.07 Å². The molecule has 0 amide bonds. The van der Waals surface area contributed by atoms with Crippen LogP contribution < -0.4 is 5.43 Å². The molecule has 1 N–H and O–H groups in total.